The number of benzene rings is 2. The zero-order valence-electron chi connectivity index (χ0n) is 15.3. The highest BCUT2D eigenvalue weighted by Crippen LogP contribution is 2.22. The van der Waals surface area contributed by atoms with E-state index in [2.05, 4.69) is 45.6 Å². The largest absolute Gasteiger partial charge is 0.372 e. The number of hydrogen-bond donors (Lipinski definition) is 0. The number of terminal acetylenes is 1. The molecule has 4 nitrogen and oxygen atoms in total. The molecule has 2 aromatic carbocycles. The Morgan fingerprint density at radius 1 is 1.22 bits per heavy atom. The number of carbonyl (C=O) groups excluding carboxylic acids is 1. The number of rotatable bonds is 5. The molecule has 27 heavy (non-hydrogen) atoms. The Kier molecular flexibility index (Phi) is 6.15. The van der Waals surface area contributed by atoms with E-state index in [1.165, 1.54) is 11.3 Å². The molecule has 0 spiro atoms. The summed E-state index contributed by atoms with van der Waals surface area (Å²) in [5, 5.41) is 0. The predicted molar refractivity (Wildman–Crippen MR) is 116 cm³/mol. The highest BCUT2D eigenvalue weighted by Gasteiger charge is 2.10. The van der Waals surface area contributed by atoms with Crippen molar-refractivity contribution in [2.75, 3.05) is 18.0 Å². The maximum Gasteiger partial charge on any atom is 0.279 e. The molecular weight excluding hydrogens is 422 g/mol. The van der Waals surface area contributed by atoms with Gasteiger partial charge in [-0.05, 0) is 56.3 Å². The van der Waals surface area contributed by atoms with E-state index >= 15 is 0 Å². The first-order valence-corrected chi connectivity index (χ1v) is 10.3. The standard InChI is InChI=1S/C21H20BrN3OS/c1-4-13-25-18-12-9-16(22)14-19(18)27-21(25)23-20(26)15-7-10-17(11-8-15)24(5-2)6-3/h1,7-12,14H,5-6,13H2,2-3H3. The topological polar surface area (TPSA) is 37.6 Å². The molecule has 1 heterocycles. The number of hydrogen-bond acceptors (Lipinski definition) is 3. The molecule has 0 saturated carbocycles. The summed E-state index contributed by atoms with van der Waals surface area (Å²) in [6.07, 6.45) is 5.52. The molecule has 0 aliphatic heterocycles. The average Bonchev–Trinajstić information content (AvgIpc) is 3.00. The molecule has 1 aromatic heterocycles. The summed E-state index contributed by atoms with van der Waals surface area (Å²) < 4.78 is 3.91. The summed E-state index contributed by atoms with van der Waals surface area (Å²) in [4.78, 5) is 19.9. The van der Waals surface area contributed by atoms with E-state index in [0.29, 0.717) is 16.9 Å². The Balaban J connectivity index is 2.00. The van der Waals surface area contributed by atoms with Crippen LogP contribution in [0, 0.1) is 12.3 Å². The molecule has 0 unspecified atom stereocenters. The van der Waals surface area contributed by atoms with Crippen LogP contribution in [0.15, 0.2) is 51.9 Å². The Labute approximate surface area is 171 Å². The molecule has 0 bridgehead atoms. The Morgan fingerprint density at radius 3 is 2.56 bits per heavy atom. The van der Waals surface area contributed by atoms with E-state index in [1.54, 1.807) is 0 Å². The Morgan fingerprint density at radius 2 is 1.93 bits per heavy atom. The molecule has 0 fully saturated rings. The van der Waals surface area contributed by atoms with Crippen molar-refractivity contribution in [1.29, 1.82) is 0 Å². The zero-order valence-corrected chi connectivity index (χ0v) is 17.7. The molecule has 0 N–H and O–H groups in total. The second-order valence-electron chi connectivity index (χ2n) is 5.92. The summed E-state index contributed by atoms with van der Waals surface area (Å²) in [5.74, 6) is 2.38. The van der Waals surface area contributed by atoms with E-state index in [4.69, 9.17) is 6.42 Å². The van der Waals surface area contributed by atoms with Crippen molar-refractivity contribution in [1.82, 2.24) is 4.57 Å². The molecule has 1 amide bonds. The normalized spacial score (nSPS) is 11.6. The van der Waals surface area contributed by atoms with Crippen molar-refractivity contribution < 1.29 is 4.79 Å². The molecule has 0 atom stereocenters. The van der Waals surface area contributed by atoms with Gasteiger partial charge in [-0.15, -0.1) is 6.42 Å². The predicted octanol–water partition coefficient (Wildman–Crippen LogP) is 4.69. The van der Waals surface area contributed by atoms with Crippen LogP contribution in [0.3, 0.4) is 0 Å². The van der Waals surface area contributed by atoms with E-state index in [1.807, 2.05) is 47.0 Å². The molecule has 0 saturated heterocycles. The SMILES string of the molecule is C#CCn1c(=NC(=O)c2ccc(N(CC)CC)cc2)sc2cc(Br)ccc21. The van der Waals surface area contributed by atoms with Crippen molar-refractivity contribution in [3.8, 4) is 12.3 Å². The van der Waals surface area contributed by atoms with Crippen LogP contribution in [0.1, 0.15) is 24.2 Å². The van der Waals surface area contributed by atoms with E-state index in [9.17, 15) is 4.79 Å². The minimum absolute atomic E-state index is 0.266. The van der Waals surface area contributed by atoms with Crippen molar-refractivity contribution in [2.24, 2.45) is 4.99 Å². The smallest absolute Gasteiger partial charge is 0.279 e. The van der Waals surface area contributed by atoms with Crippen LogP contribution in [0.5, 0.6) is 0 Å². The number of halogens is 1. The van der Waals surface area contributed by atoms with Crippen molar-refractivity contribution >= 4 is 49.1 Å². The quantitative estimate of drug-likeness (QED) is 0.538. The van der Waals surface area contributed by atoms with Crippen LogP contribution in [0.2, 0.25) is 0 Å². The van der Waals surface area contributed by atoms with Gasteiger partial charge in [0.1, 0.15) is 0 Å². The lowest BCUT2D eigenvalue weighted by Crippen LogP contribution is -2.21. The molecule has 0 aliphatic rings. The minimum Gasteiger partial charge on any atom is -0.372 e. The summed E-state index contributed by atoms with van der Waals surface area (Å²) >= 11 is 4.94. The van der Waals surface area contributed by atoms with Gasteiger partial charge in [-0.2, -0.15) is 4.99 Å². The first-order chi connectivity index (χ1) is 13.1. The van der Waals surface area contributed by atoms with Crippen molar-refractivity contribution in [3.05, 3.63) is 57.3 Å². The fourth-order valence-electron chi connectivity index (χ4n) is 2.93. The Hall–Kier alpha value is -2.36. The second kappa shape index (κ2) is 8.55. The van der Waals surface area contributed by atoms with Gasteiger partial charge >= 0.3 is 0 Å². The van der Waals surface area contributed by atoms with E-state index in [-0.39, 0.29) is 5.91 Å². The third-order valence-electron chi connectivity index (χ3n) is 4.33. The summed E-state index contributed by atoms with van der Waals surface area (Å²) in [7, 11) is 0. The van der Waals surface area contributed by atoms with Crippen LogP contribution >= 0.6 is 27.3 Å². The van der Waals surface area contributed by atoms with Gasteiger partial charge in [0.05, 0.1) is 16.8 Å². The second-order valence-corrected chi connectivity index (χ2v) is 7.85. The maximum atomic E-state index is 12.7. The number of nitrogens with zero attached hydrogens (tertiary/aromatic N) is 3. The van der Waals surface area contributed by atoms with Crippen LogP contribution < -0.4 is 9.70 Å². The highest BCUT2D eigenvalue weighted by atomic mass is 79.9. The van der Waals surface area contributed by atoms with Crippen LogP contribution in [-0.2, 0) is 6.54 Å². The number of anilines is 1. The molecule has 3 rings (SSSR count). The number of fused-ring (bicyclic) bond motifs is 1. The lowest BCUT2D eigenvalue weighted by molar-refractivity contribution is 0.0998. The van der Waals surface area contributed by atoms with Crippen LogP contribution in [0.25, 0.3) is 10.2 Å². The fraction of sp³-hybridized carbons (Fsp3) is 0.238. The average molecular weight is 442 g/mol. The first-order valence-electron chi connectivity index (χ1n) is 8.73. The summed E-state index contributed by atoms with van der Waals surface area (Å²) in [6, 6.07) is 13.5. The van der Waals surface area contributed by atoms with Crippen molar-refractivity contribution in [3.63, 3.8) is 0 Å². The van der Waals surface area contributed by atoms with Gasteiger partial charge in [-0.25, -0.2) is 0 Å². The number of aromatic nitrogens is 1. The summed E-state index contributed by atoms with van der Waals surface area (Å²) in [6.45, 7) is 6.45. The van der Waals surface area contributed by atoms with Gasteiger partial charge in [0.15, 0.2) is 4.80 Å². The third kappa shape index (κ3) is 4.15. The summed E-state index contributed by atoms with van der Waals surface area (Å²) in [5.41, 5.74) is 2.65. The third-order valence-corrected chi connectivity index (χ3v) is 5.87. The zero-order chi connectivity index (χ0) is 19.4. The monoisotopic (exact) mass is 441 g/mol. The molecule has 0 radical (unpaired) electrons. The molecular formula is C21H20BrN3OS. The number of amides is 1. The number of carbonyl (C=O) groups is 1. The van der Waals surface area contributed by atoms with Gasteiger partial charge in [0.2, 0.25) is 0 Å². The Bertz CT molecular complexity index is 1070. The van der Waals surface area contributed by atoms with E-state index in [0.717, 1.165) is 33.5 Å². The highest BCUT2D eigenvalue weighted by molar-refractivity contribution is 9.10. The molecule has 3 aromatic rings. The van der Waals surface area contributed by atoms with Gasteiger partial charge < -0.3 is 9.47 Å². The molecule has 6 heteroatoms. The molecule has 138 valence electrons. The maximum absolute atomic E-state index is 12.7. The molecule has 0 aliphatic carbocycles. The minimum atomic E-state index is -0.266. The van der Waals surface area contributed by atoms with Gasteiger partial charge in [-0.3, -0.25) is 4.79 Å². The first kappa shape index (κ1) is 19.4. The van der Waals surface area contributed by atoms with Gasteiger partial charge in [0.25, 0.3) is 5.91 Å². The number of thiazole rings is 1. The van der Waals surface area contributed by atoms with Crippen molar-refractivity contribution in [2.45, 2.75) is 20.4 Å². The fourth-order valence-corrected chi connectivity index (χ4v) is 4.51. The van der Waals surface area contributed by atoms with Crippen LogP contribution in [-0.4, -0.2) is 23.6 Å². The van der Waals surface area contributed by atoms with Gasteiger partial charge in [-0.1, -0.05) is 33.2 Å². The van der Waals surface area contributed by atoms with E-state index < -0.39 is 0 Å². The van der Waals surface area contributed by atoms with Crippen LogP contribution in [0.4, 0.5) is 5.69 Å². The lowest BCUT2D eigenvalue weighted by atomic mass is 10.2. The van der Waals surface area contributed by atoms with Gasteiger partial charge in [0, 0.05) is 28.8 Å². The lowest BCUT2D eigenvalue weighted by Gasteiger charge is -2.20.